The van der Waals surface area contributed by atoms with E-state index in [4.69, 9.17) is 15.6 Å². The summed E-state index contributed by atoms with van der Waals surface area (Å²) in [6.45, 7) is 6.31. The van der Waals surface area contributed by atoms with E-state index in [-0.39, 0.29) is 0 Å². The maximum atomic E-state index is 10.9. The summed E-state index contributed by atoms with van der Waals surface area (Å²) in [5.74, 6) is 1.82. The fourth-order valence-corrected chi connectivity index (χ4v) is 3.18. The van der Waals surface area contributed by atoms with Gasteiger partial charge >= 0.3 is 6.09 Å². The third-order valence-corrected chi connectivity index (χ3v) is 5.06. The minimum absolute atomic E-state index is 0.310. The molecule has 1 unspecified atom stereocenters. The van der Waals surface area contributed by atoms with Crippen LogP contribution in [0.2, 0.25) is 0 Å². The third kappa shape index (κ3) is 5.70. The average Bonchev–Trinajstić information content (AvgIpc) is 2.36. The van der Waals surface area contributed by atoms with Crippen LogP contribution in [-0.4, -0.2) is 23.4 Å². The van der Waals surface area contributed by atoms with Crippen molar-refractivity contribution in [1.82, 2.24) is 0 Å². The standard InChI is InChI=1S/C16H31NO3/c1-12(16(2,3)20-15(17)19)4-5-13-6-8-14(9-7-13)10-11-18/h12-14,18H,4-11H2,1-3H3,(H2,17,19). The zero-order valence-corrected chi connectivity index (χ0v) is 13.2. The van der Waals surface area contributed by atoms with Gasteiger partial charge in [-0.15, -0.1) is 0 Å². The minimum atomic E-state index is -0.689. The summed E-state index contributed by atoms with van der Waals surface area (Å²) >= 11 is 0. The molecule has 0 heterocycles. The van der Waals surface area contributed by atoms with E-state index in [9.17, 15) is 4.79 Å². The van der Waals surface area contributed by atoms with Gasteiger partial charge < -0.3 is 15.6 Å². The van der Waals surface area contributed by atoms with E-state index in [1.54, 1.807) is 0 Å². The lowest BCUT2D eigenvalue weighted by Crippen LogP contribution is -2.37. The largest absolute Gasteiger partial charge is 0.443 e. The maximum Gasteiger partial charge on any atom is 0.405 e. The number of rotatable bonds is 7. The van der Waals surface area contributed by atoms with Gasteiger partial charge in [-0.05, 0) is 44.4 Å². The zero-order chi connectivity index (χ0) is 15.2. The van der Waals surface area contributed by atoms with E-state index in [1.165, 1.54) is 32.1 Å². The van der Waals surface area contributed by atoms with Crippen LogP contribution in [-0.2, 0) is 4.74 Å². The number of nitrogens with two attached hydrogens (primary N) is 1. The van der Waals surface area contributed by atoms with Gasteiger partial charge in [-0.3, -0.25) is 0 Å². The Morgan fingerprint density at radius 3 is 2.20 bits per heavy atom. The topological polar surface area (TPSA) is 72.6 Å². The van der Waals surface area contributed by atoms with Crippen LogP contribution in [0.3, 0.4) is 0 Å². The molecule has 1 aliphatic carbocycles. The normalized spacial score (nSPS) is 25.2. The second kappa shape index (κ2) is 7.87. The Bertz CT molecular complexity index is 296. The van der Waals surface area contributed by atoms with Crippen LogP contribution in [0.25, 0.3) is 0 Å². The molecule has 4 nitrogen and oxygen atoms in total. The maximum absolute atomic E-state index is 10.9. The van der Waals surface area contributed by atoms with Crippen LogP contribution >= 0.6 is 0 Å². The highest BCUT2D eigenvalue weighted by Gasteiger charge is 2.30. The second-order valence-electron chi connectivity index (χ2n) is 6.90. The van der Waals surface area contributed by atoms with Gasteiger partial charge in [0.05, 0.1) is 0 Å². The number of amides is 1. The fourth-order valence-electron chi connectivity index (χ4n) is 3.18. The van der Waals surface area contributed by atoms with Crippen molar-refractivity contribution in [3.8, 4) is 0 Å². The van der Waals surface area contributed by atoms with Gasteiger partial charge in [-0.25, -0.2) is 4.79 Å². The monoisotopic (exact) mass is 285 g/mol. The van der Waals surface area contributed by atoms with Crippen molar-refractivity contribution < 1.29 is 14.6 Å². The van der Waals surface area contributed by atoms with Crippen molar-refractivity contribution in [3.05, 3.63) is 0 Å². The summed E-state index contributed by atoms with van der Waals surface area (Å²) in [4.78, 5) is 10.9. The van der Waals surface area contributed by atoms with Gasteiger partial charge in [0.15, 0.2) is 0 Å². The van der Waals surface area contributed by atoms with Crippen molar-refractivity contribution in [1.29, 1.82) is 0 Å². The Morgan fingerprint density at radius 1 is 1.25 bits per heavy atom. The fraction of sp³-hybridized carbons (Fsp3) is 0.938. The van der Waals surface area contributed by atoms with E-state index in [0.717, 1.165) is 24.7 Å². The SMILES string of the molecule is CC(CCC1CCC(CCO)CC1)C(C)(C)OC(N)=O. The minimum Gasteiger partial charge on any atom is -0.443 e. The van der Waals surface area contributed by atoms with Crippen molar-refractivity contribution in [3.63, 3.8) is 0 Å². The molecule has 4 heteroatoms. The number of aliphatic hydroxyl groups excluding tert-OH is 1. The molecule has 20 heavy (non-hydrogen) atoms. The second-order valence-corrected chi connectivity index (χ2v) is 6.90. The molecule has 3 N–H and O–H groups in total. The molecule has 1 rings (SSSR count). The molecule has 0 radical (unpaired) electrons. The molecule has 1 amide bonds. The van der Waals surface area contributed by atoms with Gasteiger partial charge in [0.2, 0.25) is 0 Å². The molecule has 1 saturated carbocycles. The Balaban J connectivity index is 2.28. The van der Waals surface area contributed by atoms with Gasteiger partial charge in [-0.2, -0.15) is 0 Å². The molecular formula is C16H31NO3. The quantitative estimate of drug-likeness (QED) is 0.752. The molecule has 1 fully saturated rings. The molecule has 0 saturated heterocycles. The number of carbonyl (C=O) groups excluding carboxylic acids is 1. The molecule has 0 aliphatic heterocycles. The first-order valence-electron chi connectivity index (χ1n) is 7.94. The number of hydrogen-bond donors (Lipinski definition) is 2. The van der Waals surface area contributed by atoms with Crippen LogP contribution in [0.4, 0.5) is 4.79 Å². The summed E-state index contributed by atoms with van der Waals surface area (Å²) in [7, 11) is 0. The molecule has 118 valence electrons. The molecule has 0 aromatic carbocycles. The van der Waals surface area contributed by atoms with Crippen LogP contribution < -0.4 is 5.73 Å². The highest BCUT2D eigenvalue weighted by atomic mass is 16.6. The summed E-state index contributed by atoms with van der Waals surface area (Å²) in [5.41, 5.74) is 4.63. The van der Waals surface area contributed by atoms with Crippen molar-refractivity contribution in [2.75, 3.05) is 6.61 Å². The molecule has 1 aliphatic rings. The van der Waals surface area contributed by atoms with E-state index >= 15 is 0 Å². The molecule has 0 aromatic heterocycles. The highest BCUT2D eigenvalue weighted by molar-refractivity contribution is 5.65. The lowest BCUT2D eigenvalue weighted by molar-refractivity contribution is -0.000637. The van der Waals surface area contributed by atoms with Gasteiger partial charge in [0.1, 0.15) is 5.60 Å². The average molecular weight is 285 g/mol. The number of carbonyl (C=O) groups is 1. The summed E-state index contributed by atoms with van der Waals surface area (Å²) in [5, 5.41) is 8.97. The van der Waals surface area contributed by atoms with Crippen molar-refractivity contribution >= 4 is 6.09 Å². The van der Waals surface area contributed by atoms with Crippen LogP contribution in [0.1, 0.15) is 65.7 Å². The number of primary amides is 1. The lowest BCUT2D eigenvalue weighted by Gasteiger charge is -2.33. The van der Waals surface area contributed by atoms with Gasteiger partial charge in [0, 0.05) is 6.61 Å². The molecular weight excluding hydrogens is 254 g/mol. The van der Waals surface area contributed by atoms with Crippen LogP contribution in [0.15, 0.2) is 0 Å². The van der Waals surface area contributed by atoms with E-state index in [0.29, 0.717) is 12.5 Å². The van der Waals surface area contributed by atoms with E-state index in [1.807, 2.05) is 13.8 Å². The first-order valence-corrected chi connectivity index (χ1v) is 7.94. The molecule has 1 atom stereocenters. The zero-order valence-electron chi connectivity index (χ0n) is 13.2. The predicted molar refractivity (Wildman–Crippen MR) is 80.3 cm³/mol. The number of aliphatic hydroxyl groups is 1. The highest BCUT2D eigenvalue weighted by Crippen LogP contribution is 2.35. The van der Waals surface area contributed by atoms with E-state index < -0.39 is 11.7 Å². The summed E-state index contributed by atoms with van der Waals surface area (Å²) < 4.78 is 5.20. The number of ether oxygens (including phenoxy) is 1. The smallest absolute Gasteiger partial charge is 0.405 e. The summed E-state index contributed by atoms with van der Waals surface area (Å²) in [6.07, 6.45) is 7.58. The number of hydrogen-bond acceptors (Lipinski definition) is 3. The Labute approximate surface area is 123 Å². The van der Waals surface area contributed by atoms with Crippen molar-refractivity contribution in [2.24, 2.45) is 23.5 Å². The van der Waals surface area contributed by atoms with Crippen molar-refractivity contribution in [2.45, 2.75) is 71.3 Å². The Kier molecular flexibility index (Phi) is 6.80. The Morgan fingerprint density at radius 2 is 1.75 bits per heavy atom. The van der Waals surface area contributed by atoms with Gasteiger partial charge in [0.25, 0.3) is 0 Å². The first-order chi connectivity index (χ1) is 9.35. The molecule has 0 spiro atoms. The lowest BCUT2D eigenvalue weighted by atomic mass is 9.77. The Hall–Kier alpha value is -0.770. The third-order valence-electron chi connectivity index (χ3n) is 5.06. The van der Waals surface area contributed by atoms with E-state index in [2.05, 4.69) is 6.92 Å². The van der Waals surface area contributed by atoms with Gasteiger partial charge in [-0.1, -0.05) is 39.0 Å². The van der Waals surface area contributed by atoms with Crippen LogP contribution in [0, 0.1) is 17.8 Å². The van der Waals surface area contributed by atoms with Crippen LogP contribution in [0.5, 0.6) is 0 Å². The summed E-state index contributed by atoms with van der Waals surface area (Å²) in [6, 6.07) is 0. The molecule has 0 bridgehead atoms. The molecule has 0 aromatic rings. The predicted octanol–water partition coefficient (Wildman–Crippen LogP) is 3.47. The first kappa shape index (κ1) is 17.3.